The molecule has 0 aromatic heterocycles. The molecule has 1 amide bonds. The van der Waals surface area contributed by atoms with E-state index in [2.05, 4.69) is 41.7 Å². The zero-order valence-electron chi connectivity index (χ0n) is 15.7. The fourth-order valence-corrected chi connectivity index (χ4v) is 2.51. The number of carbonyl (C=O) groups excluding carboxylic acids is 1. The molecule has 5 nitrogen and oxygen atoms in total. The Morgan fingerprint density at radius 3 is 2.52 bits per heavy atom. The third-order valence-electron chi connectivity index (χ3n) is 3.69. The maximum Gasteiger partial charge on any atom is 0.252 e. The van der Waals surface area contributed by atoms with Crippen LogP contribution in [0.2, 0.25) is 5.02 Å². The summed E-state index contributed by atoms with van der Waals surface area (Å²) < 4.78 is 0. The maximum absolute atomic E-state index is 12.1. The number of guanidine groups is 1. The van der Waals surface area contributed by atoms with Crippen molar-refractivity contribution in [3.8, 4) is 0 Å². The molecular formula is C19H31ClN4O. The van der Waals surface area contributed by atoms with Crippen LogP contribution in [-0.2, 0) is 0 Å². The lowest BCUT2D eigenvalue weighted by Crippen LogP contribution is -2.42. The number of hydrogen-bond donors (Lipinski definition) is 3. The molecule has 0 saturated heterocycles. The molecule has 0 heterocycles. The first-order valence-electron chi connectivity index (χ1n) is 9.01. The third-order valence-corrected chi connectivity index (χ3v) is 4.02. The van der Waals surface area contributed by atoms with Gasteiger partial charge in [-0.15, -0.1) is 0 Å². The van der Waals surface area contributed by atoms with E-state index in [0.29, 0.717) is 35.6 Å². The van der Waals surface area contributed by atoms with Crippen molar-refractivity contribution in [2.24, 2.45) is 10.9 Å². The van der Waals surface area contributed by atoms with Crippen molar-refractivity contribution in [3.05, 3.63) is 34.9 Å². The molecule has 0 aliphatic carbocycles. The number of benzene rings is 1. The van der Waals surface area contributed by atoms with Crippen LogP contribution in [0.25, 0.3) is 0 Å². The molecule has 0 radical (unpaired) electrons. The first kappa shape index (κ1) is 21.3. The molecule has 3 N–H and O–H groups in total. The second-order valence-corrected chi connectivity index (χ2v) is 6.92. The molecule has 1 atom stereocenters. The molecule has 1 unspecified atom stereocenters. The van der Waals surface area contributed by atoms with Crippen LogP contribution in [0, 0.1) is 5.92 Å². The topological polar surface area (TPSA) is 65.5 Å². The van der Waals surface area contributed by atoms with E-state index >= 15 is 0 Å². The molecule has 0 saturated carbocycles. The lowest BCUT2D eigenvalue weighted by molar-refractivity contribution is 0.0955. The number of halogens is 1. The van der Waals surface area contributed by atoms with Gasteiger partial charge in [0.1, 0.15) is 0 Å². The van der Waals surface area contributed by atoms with Crippen molar-refractivity contribution < 1.29 is 4.79 Å². The Bertz CT molecular complexity index is 560. The standard InChI is InChI=1S/C19H31ClN4O/c1-5-21-19(24-15(4)11-10-14(2)3)23-13-12-22-18(25)16-8-6-7-9-17(16)20/h6-9,14-15H,5,10-13H2,1-4H3,(H,22,25)(H2,21,23,24). The van der Waals surface area contributed by atoms with Crippen molar-refractivity contribution in [2.75, 3.05) is 19.6 Å². The first-order valence-corrected chi connectivity index (χ1v) is 9.39. The monoisotopic (exact) mass is 366 g/mol. The van der Waals surface area contributed by atoms with Crippen molar-refractivity contribution in [3.63, 3.8) is 0 Å². The lowest BCUT2D eigenvalue weighted by Gasteiger charge is -2.18. The highest BCUT2D eigenvalue weighted by Gasteiger charge is 2.09. The molecule has 0 aliphatic heterocycles. The van der Waals surface area contributed by atoms with Gasteiger partial charge in [0.05, 0.1) is 17.1 Å². The second kappa shape index (κ2) is 11.7. The molecule has 0 aliphatic rings. The first-order chi connectivity index (χ1) is 11.9. The number of nitrogens with zero attached hydrogens (tertiary/aromatic N) is 1. The zero-order chi connectivity index (χ0) is 18.7. The van der Waals surface area contributed by atoms with Crippen molar-refractivity contribution in [1.82, 2.24) is 16.0 Å². The number of rotatable bonds is 9. The van der Waals surface area contributed by atoms with E-state index in [0.717, 1.165) is 18.9 Å². The highest BCUT2D eigenvalue weighted by atomic mass is 35.5. The zero-order valence-corrected chi connectivity index (χ0v) is 16.5. The predicted octanol–water partition coefficient (Wildman–Crippen LogP) is 3.45. The van der Waals surface area contributed by atoms with E-state index in [1.54, 1.807) is 24.3 Å². The molecule has 0 bridgehead atoms. The molecule has 140 valence electrons. The summed E-state index contributed by atoms with van der Waals surface area (Å²) in [4.78, 5) is 16.6. The number of aliphatic imine (C=N–C) groups is 1. The number of amides is 1. The van der Waals surface area contributed by atoms with Gasteiger partial charge in [-0.25, -0.2) is 0 Å². The number of carbonyl (C=O) groups is 1. The van der Waals surface area contributed by atoms with Crippen molar-refractivity contribution in [1.29, 1.82) is 0 Å². The number of hydrogen-bond acceptors (Lipinski definition) is 2. The normalized spacial score (nSPS) is 12.8. The quantitative estimate of drug-likeness (QED) is 0.356. The van der Waals surface area contributed by atoms with Gasteiger partial charge in [0.25, 0.3) is 5.91 Å². The average Bonchev–Trinajstić information content (AvgIpc) is 2.57. The maximum atomic E-state index is 12.1. The van der Waals surface area contributed by atoms with Gasteiger partial charge < -0.3 is 16.0 Å². The fourth-order valence-electron chi connectivity index (χ4n) is 2.29. The molecule has 1 rings (SSSR count). The van der Waals surface area contributed by atoms with Crippen LogP contribution in [0.4, 0.5) is 0 Å². The van der Waals surface area contributed by atoms with E-state index in [4.69, 9.17) is 11.6 Å². The molecular weight excluding hydrogens is 336 g/mol. The fraction of sp³-hybridized carbons (Fsp3) is 0.579. The van der Waals surface area contributed by atoms with Crippen LogP contribution in [0.15, 0.2) is 29.3 Å². The summed E-state index contributed by atoms with van der Waals surface area (Å²) in [6, 6.07) is 7.38. The van der Waals surface area contributed by atoms with Gasteiger partial charge in [-0.05, 0) is 44.7 Å². The lowest BCUT2D eigenvalue weighted by atomic mass is 10.0. The van der Waals surface area contributed by atoms with Gasteiger partial charge in [0.15, 0.2) is 5.96 Å². The van der Waals surface area contributed by atoms with E-state index in [1.807, 2.05) is 6.92 Å². The molecule has 1 aromatic rings. The summed E-state index contributed by atoms with van der Waals surface area (Å²) in [5, 5.41) is 9.94. The second-order valence-electron chi connectivity index (χ2n) is 6.51. The minimum atomic E-state index is -0.177. The van der Waals surface area contributed by atoms with Crippen LogP contribution in [0.3, 0.4) is 0 Å². The molecule has 1 aromatic carbocycles. The highest BCUT2D eigenvalue weighted by Crippen LogP contribution is 2.14. The van der Waals surface area contributed by atoms with Gasteiger partial charge in [-0.2, -0.15) is 0 Å². The summed E-state index contributed by atoms with van der Waals surface area (Å²) in [6.45, 7) is 10.4. The van der Waals surface area contributed by atoms with Gasteiger partial charge >= 0.3 is 0 Å². The van der Waals surface area contributed by atoms with Crippen LogP contribution in [0.5, 0.6) is 0 Å². The van der Waals surface area contributed by atoms with Gasteiger partial charge in [0.2, 0.25) is 0 Å². The summed E-state index contributed by atoms with van der Waals surface area (Å²) in [5.41, 5.74) is 0.487. The van der Waals surface area contributed by atoms with Gasteiger partial charge in [0, 0.05) is 19.1 Å². The van der Waals surface area contributed by atoms with E-state index in [1.165, 1.54) is 6.42 Å². The number of nitrogens with one attached hydrogen (secondary N) is 3. The molecule has 0 fully saturated rings. The summed E-state index contributed by atoms with van der Waals surface area (Å²) in [5.74, 6) is 1.30. The smallest absolute Gasteiger partial charge is 0.252 e. The third kappa shape index (κ3) is 8.77. The minimum Gasteiger partial charge on any atom is -0.357 e. The van der Waals surface area contributed by atoms with Crippen LogP contribution < -0.4 is 16.0 Å². The van der Waals surface area contributed by atoms with Crippen LogP contribution >= 0.6 is 11.6 Å². The van der Waals surface area contributed by atoms with E-state index in [-0.39, 0.29) is 5.91 Å². The summed E-state index contributed by atoms with van der Waals surface area (Å²) in [6.07, 6.45) is 2.28. The van der Waals surface area contributed by atoms with Crippen LogP contribution in [0.1, 0.15) is 50.9 Å². The van der Waals surface area contributed by atoms with Gasteiger partial charge in [-0.3, -0.25) is 9.79 Å². The van der Waals surface area contributed by atoms with Gasteiger partial charge in [-0.1, -0.05) is 37.6 Å². The van der Waals surface area contributed by atoms with Crippen molar-refractivity contribution in [2.45, 2.75) is 46.6 Å². The summed E-state index contributed by atoms with van der Waals surface area (Å²) >= 11 is 6.02. The Balaban J connectivity index is 2.44. The average molecular weight is 367 g/mol. The Kier molecular flexibility index (Phi) is 10.0. The molecule has 25 heavy (non-hydrogen) atoms. The Morgan fingerprint density at radius 1 is 1.16 bits per heavy atom. The Labute approximate surface area is 156 Å². The minimum absolute atomic E-state index is 0.177. The Morgan fingerprint density at radius 2 is 1.88 bits per heavy atom. The van der Waals surface area contributed by atoms with Crippen LogP contribution in [-0.4, -0.2) is 37.5 Å². The largest absolute Gasteiger partial charge is 0.357 e. The summed E-state index contributed by atoms with van der Waals surface area (Å²) in [7, 11) is 0. The van der Waals surface area contributed by atoms with E-state index < -0.39 is 0 Å². The molecule has 6 heteroatoms. The highest BCUT2D eigenvalue weighted by molar-refractivity contribution is 6.33. The SMILES string of the molecule is CCNC(=NCCNC(=O)c1ccccc1Cl)NC(C)CCC(C)C. The predicted molar refractivity (Wildman–Crippen MR) is 106 cm³/mol. The Hall–Kier alpha value is -1.75. The van der Waals surface area contributed by atoms with Crippen molar-refractivity contribution >= 4 is 23.5 Å². The molecule has 0 spiro atoms. The van der Waals surface area contributed by atoms with E-state index in [9.17, 15) is 4.79 Å².